The number of thiophene rings is 1. The van der Waals surface area contributed by atoms with Crippen molar-refractivity contribution in [3.8, 4) is 5.75 Å². The van der Waals surface area contributed by atoms with Crippen molar-refractivity contribution in [2.45, 2.75) is 12.6 Å². The third-order valence-electron chi connectivity index (χ3n) is 4.59. The number of methoxy groups -OCH3 is 2. The van der Waals surface area contributed by atoms with Crippen LogP contribution < -0.4 is 15.4 Å². The molecule has 3 aromatic rings. The fourth-order valence-electron chi connectivity index (χ4n) is 3.00. The van der Waals surface area contributed by atoms with Crippen molar-refractivity contribution in [1.82, 2.24) is 10.6 Å². The van der Waals surface area contributed by atoms with Gasteiger partial charge in [0.05, 0.1) is 14.2 Å². The molecular weight excluding hydrogens is 529 g/mol. The Kier molecular flexibility index (Phi) is 9.53. The molecule has 1 heterocycles. The Hall–Kier alpha value is -2.37. The van der Waals surface area contributed by atoms with Crippen molar-refractivity contribution in [3.63, 3.8) is 0 Å². The molecule has 0 saturated heterocycles. The Balaban J connectivity index is 0.00000341. The lowest BCUT2D eigenvalue weighted by Crippen LogP contribution is -2.38. The van der Waals surface area contributed by atoms with Gasteiger partial charge in [-0.3, -0.25) is 4.99 Å². The number of esters is 1. The number of benzene rings is 2. The third kappa shape index (κ3) is 6.31. The summed E-state index contributed by atoms with van der Waals surface area (Å²) in [7, 11) is 4.50. The number of carbonyl (C=O) groups excluding carboxylic acids is 1. The smallest absolute Gasteiger partial charge is 0.341 e. The quantitative estimate of drug-likeness (QED) is 0.178. The summed E-state index contributed by atoms with van der Waals surface area (Å²) in [5.41, 5.74) is 1.23. The zero-order valence-electron chi connectivity index (χ0n) is 17.5. The molecule has 0 aliphatic rings. The average molecular weight is 555 g/mol. The second kappa shape index (κ2) is 11.9. The SMILES string of the molecule is CN=C(NCc1ccc(OC)c(C(=O)OC)c1)NCC(O)c1cc2ccccc2s1.I. The molecule has 1 aromatic heterocycles. The van der Waals surface area contributed by atoms with Gasteiger partial charge in [-0.2, -0.15) is 0 Å². The zero-order chi connectivity index (χ0) is 21.5. The van der Waals surface area contributed by atoms with Crippen LogP contribution in [-0.2, 0) is 11.3 Å². The lowest BCUT2D eigenvalue weighted by Gasteiger charge is -2.15. The normalized spacial score (nSPS) is 12.1. The van der Waals surface area contributed by atoms with Crippen LogP contribution in [0.3, 0.4) is 0 Å². The van der Waals surface area contributed by atoms with Gasteiger partial charge in [0.25, 0.3) is 0 Å². The first-order valence-electron chi connectivity index (χ1n) is 9.42. The first-order chi connectivity index (χ1) is 14.5. The fraction of sp³-hybridized carbons (Fsp3) is 0.273. The predicted octanol–water partition coefficient (Wildman–Crippen LogP) is 3.71. The number of nitrogens with zero attached hydrogens (tertiary/aromatic N) is 1. The summed E-state index contributed by atoms with van der Waals surface area (Å²) < 4.78 is 11.2. The van der Waals surface area contributed by atoms with Crippen LogP contribution in [0, 0.1) is 0 Å². The average Bonchev–Trinajstić information content (AvgIpc) is 3.22. The van der Waals surface area contributed by atoms with Gasteiger partial charge in [-0.25, -0.2) is 4.79 Å². The summed E-state index contributed by atoms with van der Waals surface area (Å²) in [5, 5.41) is 18.0. The van der Waals surface area contributed by atoms with Gasteiger partial charge < -0.3 is 25.2 Å². The van der Waals surface area contributed by atoms with E-state index < -0.39 is 12.1 Å². The highest BCUT2D eigenvalue weighted by Crippen LogP contribution is 2.29. The van der Waals surface area contributed by atoms with Crippen molar-refractivity contribution < 1.29 is 19.4 Å². The number of fused-ring (bicyclic) bond motifs is 1. The number of aliphatic hydroxyl groups is 1. The molecule has 0 aliphatic heterocycles. The van der Waals surface area contributed by atoms with Gasteiger partial charge in [-0.1, -0.05) is 24.3 Å². The molecule has 0 saturated carbocycles. The standard InChI is InChI=1S/C22H25N3O4S.HI/c1-23-22(24-12-14-8-9-18(28-2)16(10-14)21(27)29-3)25-13-17(26)20-11-15-6-4-5-7-19(15)30-20;/h4-11,17,26H,12-13H2,1-3H3,(H2,23,24,25);1H. The van der Waals surface area contributed by atoms with Crippen LogP contribution in [0.5, 0.6) is 5.75 Å². The molecule has 3 N–H and O–H groups in total. The second-order valence-corrected chi connectivity index (χ2v) is 7.65. The molecule has 9 heteroatoms. The Bertz CT molecular complexity index is 1020. The molecule has 3 rings (SSSR count). The van der Waals surface area contributed by atoms with Crippen molar-refractivity contribution in [2.24, 2.45) is 4.99 Å². The highest BCUT2D eigenvalue weighted by molar-refractivity contribution is 14.0. The Morgan fingerprint density at radius 1 is 1.16 bits per heavy atom. The summed E-state index contributed by atoms with van der Waals surface area (Å²) in [6.07, 6.45) is -0.645. The van der Waals surface area contributed by atoms with E-state index in [1.807, 2.05) is 36.4 Å². The lowest BCUT2D eigenvalue weighted by molar-refractivity contribution is 0.0597. The summed E-state index contributed by atoms with van der Waals surface area (Å²) in [4.78, 5) is 17.0. The highest BCUT2D eigenvalue weighted by atomic mass is 127. The molecule has 0 aliphatic carbocycles. The van der Waals surface area contributed by atoms with E-state index in [0.29, 0.717) is 30.4 Å². The molecule has 1 unspecified atom stereocenters. The van der Waals surface area contributed by atoms with Crippen LogP contribution in [0.1, 0.15) is 26.9 Å². The number of guanidine groups is 1. The highest BCUT2D eigenvalue weighted by Gasteiger charge is 2.14. The Morgan fingerprint density at radius 2 is 1.94 bits per heavy atom. The summed E-state index contributed by atoms with van der Waals surface area (Å²) in [6.45, 7) is 0.759. The van der Waals surface area contributed by atoms with Crippen molar-refractivity contribution in [2.75, 3.05) is 27.8 Å². The minimum atomic E-state index is -0.645. The third-order valence-corrected chi connectivity index (χ3v) is 5.81. The van der Waals surface area contributed by atoms with Crippen LogP contribution in [0.2, 0.25) is 0 Å². The molecule has 1 atom stereocenters. The summed E-state index contributed by atoms with van der Waals surface area (Å²) >= 11 is 1.58. The largest absolute Gasteiger partial charge is 0.496 e. The Labute approximate surface area is 202 Å². The first kappa shape index (κ1) is 24.9. The van der Waals surface area contributed by atoms with E-state index in [4.69, 9.17) is 9.47 Å². The monoisotopic (exact) mass is 555 g/mol. The van der Waals surface area contributed by atoms with E-state index in [1.165, 1.54) is 14.2 Å². The van der Waals surface area contributed by atoms with Crippen LogP contribution in [-0.4, -0.2) is 44.8 Å². The second-order valence-electron chi connectivity index (χ2n) is 6.54. The van der Waals surface area contributed by atoms with E-state index >= 15 is 0 Å². The number of rotatable bonds is 7. The van der Waals surface area contributed by atoms with E-state index in [-0.39, 0.29) is 24.0 Å². The van der Waals surface area contributed by atoms with Gasteiger partial charge in [0, 0.05) is 29.7 Å². The molecule has 166 valence electrons. The number of ether oxygens (including phenoxy) is 2. The van der Waals surface area contributed by atoms with Crippen molar-refractivity contribution in [1.29, 1.82) is 0 Å². The summed E-state index contributed by atoms with van der Waals surface area (Å²) in [6, 6.07) is 15.4. The molecule has 0 bridgehead atoms. The number of nitrogens with one attached hydrogen (secondary N) is 2. The van der Waals surface area contributed by atoms with E-state index in [9.17, 15) is 9.90 Å². The van der Waals surface area contributed by atoms with Crippen LogP contribution >= 0.6 is 35.3 Å². The molecule has 31 heavy (non-hydrogen) atoms. The van der Waals surface area contributed by atoms with E-state index in [0.717, 1.165) is 20.5 Å². The van der Waals surface area contributed by atoms with Crippen molar-refractivity contribution >= 4 is 57.3 Å². The minimum absolute atomic E-state index is 0. The molecule has 0 fully saturated rings. The van der Waals surface area contributed by atoms with Gasteiger partial charge in [0.2, 0.25) is 0 Å². The minimum Gasteiger partial charge on any atom is -0.496 e. The maximum Gasteiger partial charge on any atom is 0.341 e. The maximum atomic E-state index is 11.9. The van der Waals surface area contributed by atoms with Gasteiger partial charge in [-0.05, 0) is 35.2 Å². The lowest BCUT2D eigenvalue weighted by atomic mass is 10.1. The number of carbonyl (C=O) groups is 1. The number of halogens is 1. The van der Waals surface area contributed by atoms with E-state index in [1.54, 1.807) is 30.5 Å². The first-order valence-corrected chi connectivity index (χ1v) is 10.2. The zero-order valence-corrected chi connectivity index (χ0v) is 20.7. The van der Waals surface area contributed by atoms with Crippen molar-refractivity contribution in [3.05, 3.63) is 64.5 Å². The molecule has 0 radical (unpaired) electrons. The maximum absolute atomic E-state index is 11.9. The van der Waals surface area contributed by atoms with Gasteiger partial charge in [0.15, 0.2) is 5.96 Å². The predicted molar refractivity (Wildman–Crippen MR) is 135 cm³/mol. The van der Waals surface area contributed by atoms with Crippen LogP contribution in [0.25, 0.3) is 10.1 Å². The molecule has 0 amide bonds. The number of aliphatic imine (C=N–C) groups is 1. The van der Waals surface area contributed by atoms with Gasteiger partial charge >= 0.3 is 5.97 Å². The van der Waals surface area contributed by atoms with E-state index in [2.05, 4.69) is 15.6 Å². The molecule has 2 aromatic carbocycles. The molecule has 0 spiro atoms. The summed E-state index contributed by atoms with van der Waals surface area (Å²) in [5.74, 6) is 0.549. The number of hydrogen-bond acceptors (Lipinski definition) is 6. The number of hydrogen-bond donors (Lipinski definition) is 3. The Morgan fingerprint density at radius 3 is 2.61 bits per heavy atom. The number of aliphatic hydroxyl groups excluding tert-OH is 1. The molecule has 7 nitrogen and oxygen atoms in total. The molecular formula is C22H26IN3O4S. The van der Waals surface area contributed by atoms with Gasteiger partial charge in [-0.15, -0.1) is 35.3 Å². The fourth-order valence-corrected chi connectivity index (χ4v) is 4.05. The topological polar surface area (TPSA) is 92.2 Å². The van der Waals surface area contributed by atoms with Crippen LogP contribution in [0.4, 0.5) is 0 Å². The van der Waals surface area contributed by atoms with Crippen LogP contribution in [0.15, 0.2) is 53.5 Å². The van der Waals surface area contributed by atoms with Gasteiger partial charge in [0.1, 0.15) is 17.4 Å².